The molecular weight excluding hydrogens is 410 g/mol. The molecule has 8 heteroatoms. The zero-order valence-corrected chi connectivity index (χ0v) is 18.0. The van der Waals surface area contributed by atoms with Crippen LogP contribution in [0.3, 0.4) is 0 Å². The number of nitrogens with zero attached hydrogens (tertiary/aromatic N) is 4. The van der Waals surface area contributed by atoms with Gasteiger partial charge in [0, 0.05) is 17.1 Å². The second-order valence-corrected chi connectivity index (χ2v) is 8.36. The van der Waals surface area contributed by atoms with Crippen LogP contribution in [0.25, 0.3) is 11.8 Å². The van der Waals surface area contributed by atoms with E-state index in [1.807, 2.05) is 19.9 Å². The fourth-order valence-corrected chi connectivity index (χ4v) is 4.53. The van der Waals surface area contributed by atoms with Gasteiger partial charge < -0.3 is 8.98 Å². The van der Waals surface area contributed by atoms with E-state index in [1.54, 1.807) is 24.5 Å². The smallest absolute Gasteiger partial charge is 0.283 e. The van der Waals surface area contributed by atoms with E-state index in [2.05, 4.69) is 45.9 Å². The molecule has 0 bridgehead atoms. The molecule has 2 aliphatic rings. The summed E-state index contributed by atoms with van der Waals surface area (Å²) >= 11 is 1.22. The van der Waals surface area contributed by atoms with Gasteiger partial charge in [-0.3, -0.25) is 10.2 Å². The predicted octanol–water partition coefficient (Wildman–Crippen LogP) is 4.66. The van der Waals surface area contributed by atoms with Crippen LogP contribution in [-0.2, 0) is 4.79 Å². The number of furan rings is 1. The number of fused-ring (bicyclic) bond motifs is 1. The number of benzene rings is 1. The van der Waals surface area contributed by atoms with Crippen LogP contribution < -0.4 is 0 Å². The van der Waals surface area contributed by atoms with E-state index in [0.29, 0.717) is 16.0 Å². The molecule has 5 rings (SSSR count). The lowest BCUT2D eigenvalue weighted by molar-refractivity contribution is -0.114. The maximum Gasteiger partial charge on any atom is 0.283 e. The normalized spacial score (nSPS) is 17.3. The lowest BCUT2D eigenvalue weighted by atomic mass is 10.1. The third-order valence-corrected chi connectivity index (χ3v) is 6.17. The molecule has 154 valence electrons. The van der Waals surface area contributed by atoms with Gasteiger partial charge in [-0.1, -0.05) is 17.7 Å². The molecule has 1 N–H and O–H groups in total. The van der Waals surface area contributed by atoms with Crippen LogP contribution in [0.4, 0.5) is 0 Å². The number of amides is 1. The molecule has 0 fully saturated rings. The summed E-state index contributed by atoms with van der Waals surface area (Å²) in [7, 11) is 0. The first-order chi connectivity index (χ1) is 14.9. The number of hydrazone groups is 1. The van der Waals surface area contributed by atoms with Gasteiger partial charge in [-0.15, -0.1) is 0 Å². The lowest BCUT2D eigenvalue weighted by Gasteiger charge is -2.20. The van der Waals surface area contributed by atoms with Crippen LogP contribution in [0.1, 0.15) is 28.3 Å². The average Bonchev–Trinajstić information content (AvgIpc) is 3.46. The zero-order chi connectivity index (χ0) is 21.7. The maximum absolute atomic E-state index is 12.7. The van der Waals surface area contributed by atoms with Crippen LogP contribution in [0.15, 0.2) is 68.8 Å². The van der Waals surface area contributed by atoms with Crippen molar-refractivity contribution in [1.29, 1.82) is 5.41 Å². The van der Waals surface area contributed by atoms with Gasteiger partial charge in [-0.25, -0.2) is 0 Å². The number of aromatic nitrogens is 1. The molecule has 4 heterocycles. The van der Waals surface area contributed by atoms with E-state index in [-0.39, 0.29) is 11.4 Å². The summed E-state index contributed by atoms with van der Waals surface area (Å²) in [5.41, 5.74) is 5.35. The largest absolute Gasteiger partial charge is 0.462 e. The molecule has 0 unspecified atom stereocenters. The topological polar surface area (TPSA) is 86.9 Å². The van der Waals surface area contributed by atoms with Gasteiger partial charge >= 0.3 is 0 Å². The molecule has 0 saturated heterocycles. The van der Waals surface area contributed by atoms with E-state index in [4.69, 9.17) is 9.83 Å². The summed E-state index contributed by atoms with van der Waals surface area (Å²) in [5, 5.41) is 15.3. The third-order valence-electron chi connectivity index (χ3n) is 5.25. The highest BCUT2D eigenvalue weighted by atomic mass is 32.2. The minimum atomic E-state index is -0.445. The van der Waals surface area contributed by atoms with Crippen molar-refractivity contribution >= 4 is 39.8 Å². The van der Waals surface area contributed by atoms with Crippen LogP contribution in [0.5, 0.6) is 0 Å². The number of amidine groups is 2. The maximum atomic E-state index is 12.7. The molecule has 2 aromatic heterocycles. The first kappa shape index (κ1) is 19.3. The highest BCUT2D eigenvalue weighted by Crippen LogP contribution is 2.32. The number of hydrogen-bond acceptors (Lipinski definition) is 5. The van der Waals surface area contributed by atoms with Gasteiger partial charge in [0.25, 0.3) is 5.91 Å². The van der Waals surface area contributed by atoms with Crippen LogP contribution in [0.2, 0.25) is 0 Å². The van der Waals surface area contributed by atoms with Crippen LogP contribution >= 0.6 is 11.8 Å². The lowest BCUT2D eigenvalue weighted by Crippen LogP contribution is -2.35. The minimum absolute atomic E-state index is 0.00388. The Morgan fingerprint density at radius 1 is 1.13 bits per heavy atom. The number of carbonyl (C=O) groups excluding carboxylic acids is 1. The monoisotopic (exact) mass is 429 g/mol. The molecule has 0 atom stereocenters. The Morgan fingerprint density at radius 2 is 1.90 bits per heavy atom. The molecule has 1 aromatic carbocycles. The number of aliphatic imine (C=N–C) groups is 1. The van der Waals surface area contributed by atoms with Crippen LogP contribution in [0, 0.1) is 26.2 Å². The van der Waals surface area contributed by atoms with Gasteiger partial charge in [0.2, 0.25) is 5.17 Å². The fourth-order valence-electron chi connectivity index (χ4n) is 3.67. The fraction of sp³-hybridized carbons (Fsp3) is 0.130. The zero-order valence-electron chi connectivity index (χ0n) is 17.2. The molecule has 3 aromatic rings. The van der Waals surface area contributed by atoms with Crippen molar-refractivity contribution in [2.24, 2.45) is 10.1 Å². The standard InChI is InChI=1S/C23H19N5O2S/c1-13-6-8-17(9-7-13)27-14(2)11-16(15(27)3)12-18-20(24)28-23(25-21(18)29)31-22(26-28)19-5-4-10-30-19/h4-12,24H,1-3H3/b18-12+,24-20?. The second kappa shape index (κ2) is 7.24. The molecular formula is C23H19N5O2S. The number of carbonyl (C=O) groups is 1. The van der Waals surface area contributed by atoms with Crippen molar-refractivity contribution in [3.05, 3.63) is 82.6 Å². The van der Waals surface area contributed by atoms with Gasteiger partial charge in [0.15, 0.2) is 16.6 Å². The molecule has 0 saturated carbocycles. The summed E-state index contributed by atoms with van der Waals surface area (Å²) in [6, 6.07) is 13.9. The van der Waals surface area contributed by atoms with Crippen molar-refractivity contribution in [3.8, 4) is 5.69 Å². The highest BCUT2D eigenvalue weighted by Gasteiger charge is 2.36. The SMILES string of the molecule is Cc1ccc(-n2c(C)cc(/C=C3\C(=N)N4N=C(c5ccco5)SC4=NC3=O)c2C)cc1. The molecule has 0 aliphatic carbocycles. The molecule has 0 radical (unpaired) electrons. The van der Waals surface area contributed by atoms with Crippen molar-refractivity contribution < 1.29 is 9.21 Å². The van der Waals surface area contributed by atoms with E-state index in [0.717, 1.165) is 22.6 Å². The second-order valence-electron chi connectivity index (χ2n) is 7.40. The Bertz CT molecular complexity index is 1310. The summed E-state index contributed by atoms with van der Waals surface area (Å²) < 4.78 is 7.52. The van der Waals surface area contributed by atoms with E-state index < -0.39 is 5.91 Å². The Kier molecular flexibility index (Phi) is 4.51. The van der Waals surface area contributed by atoms with Gasteiger partial charge in [0.1, 0.15) is 0 Å². The number of thioether (sulfide) groups is 1. The number of rotatable bonds is 3. The number of nitrogens with one attached hydrogen (secondary N) is 1. The van der Waals surface area contributed by atoms with Crippen molar-refractivity contribution in [3.63, 3.8) is 0 Å². The molecule has 2 aliphatic heterocycles. The third kappa shape index (κ3) is 3.25. The molecule has 1 amide bonds. The molecule has 31 heavy (non-hydrogen) atoms. The molecule has 0 spiro atoms. The number of aryl methyl sites for hydroxylation is 2. The quantitative estimate of drug-likeness (QED) is 0.613. The summed E-state index contributed by atoms with van der Waals surface area (Å²) in [6.45, 7) is 6.08. The summed E-state index contributed by atoms with van der Waals surface area (Å²) in [4.78, 5) is 16.9. The van der Waals surface area contributed by atoms with Gasteiger partial charge in [0.05, 0.1) is 11.8 Å². The van der Waals surface area contributed by atoms with Crippen molar-refractivity contribution in [2.45, 2.75) is 20.8 Å². The Balaban J connectivity index is 1.52. The minimum Gasteiger partial charge on any atom is -0.462 e. The van der Waals surface area contributed by atoms with Gasteiger partial charge in [-0.2, -0.15) is 15.1 Å². The average molecular weight is 430 g/mol. The van der Waals surface area contributed by atoms with E-state index in [1.165, 1.54) is 22.3 Å². The first-order valence-corrected chi connectivity index (χ1v) is 10.5. The Labute approximate surface area is 183 Å². The number of hydrogen-bond donors (Lipinski definition) is 1. The predicted molar refractivity (Wildman–Crippen MR) is 123 cm³/mol. The molecule has 7 nitrogen and oxygen atoms in total. The Hall–Kier alpha value is -3.65. The highest BCUT2D eigenvalue weighted by molar-refractivity contribution is 8.27. The van der Waals surface area contributed by atoms with E-state index >= 15 is 0 Å². The summed E-state index contributed by atoms with van der Waals surface area (Å²) in [6.07, 6.45) is 3.28. The summed E-state index contributed by atoms with van der Waals surface area (Å²) in [5.74, 6) is 0.138. The van der Waals surface area contributed by atoms with Crippen LogP contribution in [-0.4, -0.2) is 31.5 Å². The van der Waals surface area contributed by atoms with E-state index in [9.17, 15) is 4.79 Å². The van der Waals surface area contributed by atoms with Crippen molar-refractivity contribution in [1.82, 2.24) is 9.58 Å². The van der Waals surface area contributed by atoms with Crippen molar-refractivity contribution in [2.75, 3.05) is 0 Å². The first-order valence-electron chi connectivity index (χ1n) is 9.72. The Morgan fingerprint density at radius 3 is 2.61 bits per heavy atom. The van der Waals surface area contributed by atoms with Gasteiger partial charge in [-0.05, 0) is 74.5 Å².